The Morgan fingerprint density at radius 2 is 2.31 bits per heavy atom. The van der Waals surface area contributed by atoms with Crippen molar-refractivity contribution in [2.45, 2.75) is 18.9 Å². The van der Waals surface area contributed by atoms with E-state index in [0.29, 0.717) is 5.92 Å². The summed E-state index contributed by atoms with van der Waals surface area (Å²) in [7, 11) is 1.60. The van der Waals surface area contributed by atoms with Crippen LogP contribution in [0, 0.1) is 23.7 Å². The number of fused-ring (bicyclic) bond motifs is 1. The Kier molecular flexibility index (Phi) is 1.88. The molecule has 4 unspecified atom stereocenters. The summed E-state index contributed by atoms with van der Waals surface area (Å²) >= 11 is 0. The summed E-state index contributed by atoms with van der Waals surface area (Å²) < 4.78 is 5.29. The molecule has 0 spiro atoms. The van der Waals surface area contributed by atoms with E-state index in [1.165, 1.54) is 0 Å². The van der Waals surface area contributed by atoms with Gasteiger partial charge >= 0.3 is 0 Å². The quantitative estimate of drug-likeness (QED) is 0.677. The van der Waals surface area contributed by atoms with E-state index < -0.39 is 5.60 Å². The van der Waals surface area contributed by atoms with Crippen LogP contribution in [0.4, 0.5) is 0 Å². The molecule has 1 fully saturated rings. The molecule has 5 atom stereocenters. The average molecular weight is 220 g/mol. The third kappa shape index (κ3) is 0.995. The van der Waals surface area contributed by atoms with Gasteiger partial charge in [0, 0.05) is 5.92 Å². The van der Waals surface area contributed by atoms with Crippen molar-refractivity contribution < 1.29 is 14.6 Å². The van der Waals surface area contributed by atoms with Crippen molar-refractivity contribution in [3.8, 4) is 0 Å². The first-order chi connectivity index (χ1) is 7.57. The van der Waals surface area contributed by atoms with E-state index in [4.69, 9.17) is 4.74 Å². The molecule has 0 aromatic rings. The Hall–Kier alpha value is -1.09. The molecular weight excluding hydrogens is 204 g/mol. The summed E-state index contributed by atoms with van der Waals surface area (Å²) in [4.78, 5) is 12.2. The lowest BCUT2D eigenvalue weighted by Gasteiger charge is -2.50. The van der Waals surface area contributed by atoms with E-state index in [-0.39, 0.29) is 23.5 Å². The van der Waals surface area contributed by atoms with E-state index >= 15 is 0 Å². The van der Waals surface area contributed by atoms with Crippen LogP contribution >= 0.6 is 0 Å². The fourth-order valence-corrected chi connectivity index (χ4v) is 3.59. The highest BCUT2D eigenvalue weighted by Crippen LogP contribution is 2.54. The molecule has 0 heterocycles. The number of allylic oxidation sites excluding steroid dienone is 3. The average Bonchev–Trinajstić information content (AvgIpc) is 2.72. The van der Waals surface area contributed by atoms with Gasteiger partial charge in [0.1, 0.15) is 11.4 Å². The number of rotatable bonds is 1. The number of carbonyl (C=O) groups is 1. The van der Waals surface area contributed by atoms with E-state index in [1.54, 1.807) is 14.0 Å². The highest BCUT2D eigenvalue weighted by molar-refractivity contribution is 5.94. The van der Waals surface area contributed by atoms with Crippen LogP contribution in [0.5, 0.6) is 0 Å². The lowest BCUT2D eigenvalue weighted by molar-refractivity contribution is -0.159. The zero-order valence-electron chi connectivity index (χ0n) is 9.51. The first-order valence-corrected chi connectivity index (χ1v) is 5.76. The number of ketones is 1. The van der Waals surface area contributed by atoms with Gasteiger partial charge in [-0.25, -0.2) is 0 Å². The number of hydrogen-bond acceptors (Lipinski definition) is 3. The van der Waals surface area contributed by atoms with Crippen molar-refractivity contribution in [1.82, 2.24) is 0 Å². The molecule has 2 bridgehead atoms. The van der Waals surface area contributed by atoms with Crippen LogP contribution in [0.3, 0.4) is 0 Å². The molecule has 4 rings (SSSR count). The van der Waals surface area contributed by atoms with Crippen LogP contribution in [0.15, 0.2) is 24.0 Å². The molecule has 3 heteroatoms. The van der Waals surface area contributed by atoms with Gasteiger partial charge in [-0.1, -0.05) is 12.2 Å². The van der Waals surface area contributed by atoms with Gasteiger partial charge in [0.05, 0.1) is 13.0 Å². The predicted molar refractivity (Wildman–Crippen MR) is 58.4 cm³/mol. The molecule has 86 valence electrons. The van der Waals surface area contributed by atoms with E-state index in [2.05, 4.69) is 12.2 Å². The van der Waals surface area contributed by atoms with Crippen LogP contribution in [0.2, 0.25) is 0 Å². The largest absolute Gasteiger partial charge is 0.501 e. The Balaban J connectivity index is 2.13. The lowest BCUT2D eigenvalue weighted by Crippen LogP contribution is -2.59. The van der Waals surface area contributed by atoms with E-state index in [9.17, 15) is 9.90 Å². The highest BCUT2D eigenvalue weighted by Gasteiger charge is 2.60. The Bertz CT molecular complexity index is 405. The summed E-state index contributed by atoms with van der Waals surface area (Å²) in [6.07, 6.45) is 7.15. The topological polar surface area (TPSA) is 46.5 Å². The van der Waals surface area contributed by atoms with Gasteiger partial charge in [0.25, 0.3) is 0 Å². The maximum atomic E-state index is 12.2. The normalized spacial score (nSPS) is 49.2. The molecule has 0 aromatic carbocycles. The molecule has 1 N–H and O–H groups in total. The van der Waals surface area contributed by atoms with Gasteiger partial charge in [-0.05, 0) is 31.3 Å². The predicted octanol–water partition coefficient (Wildman–Crippen LogP) is 1.29. The highest BCUT2D eigenvalue weighted by atomic mass is 16.5. The molecule has 0 aliphatic heterocycles. The number of carbonyl (C=O) groups excluding carboxylic acids is 1. The summed E-state index contributed by atoms with van der Waals surface area (Å²) in [5.74, 6) is 0.905. The van der Waals surface area contributed by atoms with E-state index in [1.807, 2.05) is 6.08 Å². The number of hydrogen-bond donors (Lipinski definition) is 1. The van der Waals surface area contributed by atoms with Crippen LogP contribution in [0.1, 0.15) is 13.3 Å². The zero-order chi connectivity index (χ0) is 11.5. The van der Waals surface area contributed by atoms with Crippen molar-refractivity contribution in [3.05, 3.63) is 24.0 Å². The second-order valence-electron chi connectivity index (χ2n) is 5.19. The molecule has 16 heavy (non-hydrogen) atoms. The van der Waals surface area contributed by atoms with Crippen LogP contribution in [-0.2, 0) is 9.53 Å². The van der Waals surface area contributed by atoms with Gasteiger partial charge in [0.15, 0.2) is 5.78 Å². The zero-order valence-corrected chi connectivity index (χ0v) is 9.51. The Morgan fingerprint density at radius 1 is 1.56 bits per heavy atom. The number of ether oxygens (including phenoxy) is 1. The standard InChI is InChI=1S/C13H16O3/c1-13(15)9-6-10(16-2)11(12(13)14)8-5-3-4-7(8)9/h3,5-9,11,15H,4H2,1-2H3/t7?,8?,9?,11-,13?/m0/s1. The van der Waals surface area contributed by atoms with Crippen molar-refractivity contribution in [1.29, 1.82) is 0 Å². The molecule has 3 nitrogen and oxygen atoms in total. The van der Waals surface area contributed by atoms with E-state index in [0.717, 1.165) is 12.2 Å². The minimum absolute atomic E-state index is 0.0790. The summed E-state index contributed by atoms with van der Waals surface area (Å²) in [5.41, 5.74) is -1.21. The summed E-state index contributed by atoms with van der Waals surface area (Å²) in [6.45, 7) is 1.64. The summed E-state index contributed by atoms with van der Waals surface area (Å²) in [5, 5.41) is 10.3. The molecule has 0 aromatic heterocycles. The summed E-state index contributed by atoms with van der Waals surface area (Å²) in [6, 6.07) is 0. The minimum atomic E-state index is -1.21. The molecule has 0 amide bonds. The Labute approximate surface area is 94.8 Å². The van der Waals surface area contributed by atoms with Crippen LogP contribution in [-0.4, -0.2) is 23.6 Å². The van der Waals surface area contributed by atoms with Crippen molar-refractivity contribution >= 4 is 5.78 Å². The maximum absolute atomic E-state index is 12.2. The fraction of sp³-hybridized carbons (Fsp3) is 0.615. The smallest absolute Gasteiger partial charge is 0.175 e. The first-order valence-electron chi connectivity index (χ1n) is 5.76. The molecule has 0 radical (unpaired) electrons. The van der Waals surface area contributed by atoms with Gasteiger partial charge in [-0.15, -0.1) is 0 Å². The second-order valence-corrected chi connectivity index (χ2v) is 5.19. The minimum Gasteiger partial charge on any atom is -0.501 e. The second kappa shape index (κ2) is 2.98. The fourth-order valence-electron chi connectivity index (χ4n) is 3.59. The molecule has 0 saturated heterocycles. The first kappa shape index (κ1) is 10.1. The maximum Gasteiger partial charge on any atom is 0.175 e. The van der Waals surface area contributed by atoms with Gasteiger partial charge in [-0.2, -0.15) is 0 Å². The van der Waals surface area contributed by atoms with Gasteiger partial charge in [-0.3, -0.25) is 4.79 Å². The number of aliphatic hydroxyl groups is 1. The van der Waals surface area contributed by atoms with Crippen LogP contribution in [0.25, 0.3) is 0 Å². The number of methoxy groups -OCH3 is 1. The third-order valence-electron chi connectivity index (χ3n) is 4.42. The van der Waals surface area contributed by atoms with Crippen molar-refractivity contribution in [2.24, 2.45) is 23.7 Å². The monoisotopic (exact) mass is 220 g/mol. The van der Waals surface area contributed by atoms with Gasteiger partial charge in [0.2, 0.25) is 0 Å². The van der Waals surface area contributed by atoms with Gasteiger partial charge < -0.3 is 9.84 Å². The van der Waals surface area contributed by atoms with Crippen molar-refractivity contribution in [3.63, 3.8) is 0 Å². The molecule has 4 aliphatic rings. The lowest BCUT2D eigenvalue weighted by atomic mass is 9.56. The van der Waals surface area contributed by atoms with Crippen LogP contribution < -0.4 is 0 Å². The Morgan fingerprint density at radius 3 is 3.00 bits per heavy atom. The SMILES string of the molecule is COC1=CC2C3CC=CC3[C@@H]1C(=O)C2(C)O. The third-order valence-corrected chi connectivity index (χ3v) is 4.42. The molecular formula is C13H16O3. The number of Topliss-reactive ketones (excluding diaryl/α,β-unsaturated/α-hetero) is 1. The molecule has 4 aliphatic carbocycles. The molecule has 1 saturated carbocycles. The van der Waals surface area contributed by atoms with Crippen molar-refractivity contribution in [2.75, 3.05) is 7.11 Å².